The first-order valence-electron chi connectivity index (χ1n) is 11.6. The van der Waals surface area contributed by atoms with Crippen LogP contribution in [0.2, 0.25) is 0 Å². The molecule has 0 saturated carbocycles. The van der Waals surface area contributed by atoms with Crippen LogP contribution in [0.25, 0.3) is 0 Å². The van der Waals surface area contributed by atoms with Gasteiger partial charge in [-0.05, 0) is 48.1 Å². The number of thiophene rings is 1. The number of halogens is 1. The number of piperazine rings is 1. The topological polar surface area (TPSA) is 77.0 Å². The molecule has 0 radical (unpaired) electrons. The van der Waals surface area contributed by atoms with E-state index in [-0.39, 0.29) is 35.8 Å². The Morgan fingerprint density at radius 2 is 1.75 bits per heavy atom. The van der Waals surface area contributed by atoms with Gasteiger partial charge in [-0.15, -0.1) is 24.0 Å². The monoisotopic (exact) mass is 577 g/mol. The molecule has 182 valence electrons. The van der Waals surface area contributed by atoms with Crippen LogP contribution in [0.15, 0.2) is 21.8 Å². The van der Waals surface area contributed by atoms with Crippen molar-refractivity contribution in [2.75, 3.05) is 39.3 Å². The molecule has 2 rings (SSSR count). The van der Waals surface area contributed by atoms with E-state index in [9.17, 15) is 9.59 Å². The molecule has 9 heteroatoms. The number of amides is 2. The molecule has 1 aromatic heterocycles. The quantitative estimate of drug-likeness (QED) is 0.182. The van der Waals surface area contributed by atoms with Gasteiger partial charge in [0.15, 0.2) is 5.96 Å². The van der Waals surface area contributed by atoms with Crippen LogP contribution in [0, 0.1) is 5.92 Å². The van der Waals surface area contributed by atoms with E-state index in [1.54, 1.807) is 11.3 Å². The largest absolute Gasteiger partial charge is 0.357 e. The normalized spacial score (nSPS) is 14.3. The van der Waals surface area contributed by atoms with Crippen molar-refractivity contribution < 1.29 is 9.59 Å². The molecule has 2 amide bonds. The van der Waals surface area contributed by atoms with Gasteiger partial charge in [-0.2, -0.15) is 11.3 Å². The number of hydrogen-bond acceptors (Lipinski definition) is 4. The molecule has 2 heterocycles. The second-order valence-corrected chi connectivity index (χ2v) is 9.20. The van der Waals surface area contributed by atoms with Gasteiger partial charge in [-0.25, -0.2) is 4.99 Å². The van der Waals surface area contributed by atoms with Crippen molar-refractivity contribution >= 4 is 53.1 Å². The molecule has 1 fully saturated rings. The molecule has 1 saturated heterocycles. The summed E-state index contributed by atoms with van der Waals surface area (Å²) >= 11 is 1.69. The van der Waals surface area contributed by atoms with Crippen LogP contribution in [0.4, 0.5) is 0 Å². The van der Waals surface area contributed by atoms with Gasteiger partial charge < -0.3 is 20.4 Å². The standard InChI is InChI=1S/C23H39N5O2S.HI/c1-4-24-23(26-17-20-9-15-31-18-20)25-10-7-5-6-8-21(29)27-11-13-28(14-12-27)22(30)16-19(2)3;/h9,15,18-19H,4-8,10-14,16-17H2,1-3H3,(H2,24,25,26);1H. The first-order valence-corrected chi connectivity index (χ1v) is 12.5. The van der Waals surface area contributed by atoms with Gasteiger partial charge in [0.25, 0.3) is 0 Å². The molecule has 1 aromatic rings. The Labute approximate surface area is 214 Å². The number of carbonyl (C=O) groups excluding carboxylic acids is 2. The Hall–Kier alpha value is -1.36. The third-order valence-corrected chi connectivity index (χ3v) is 6.00. The Bertz CT molecular complexity index is 689. The Kier molecular flexibility index (Phi) is 14.6. The fraction of sp³-hybridized carbons (Fsp3) is 0.696. The van der Waals surface area contributed by atoms with Crippen LogP contribution < -0.4 is 10.6 Å². The maximum atomic E-state index is 12.5. The van der Waals surface area contributed by atoms with Gasteiger partial charge in [0.05, 0.1) is 6.54 Å². The first kappa shape index (κ1) is 28.7. The molecular formula is C23H40IN5O2S. The minimum absolute atomic E-state index is 0. The summed E-state index contributed by atoms with van der Waals surface area (Å²) in [6.07, 6.45) is 4.10. The van der Waals surface area contributed by atoms with Crippen LogP contribution in [-0.2, 0) is 16.1 Å². The van der Waals surface area contributed by atoms with E-state index in [1.165, 1.54) is 5.56 Å². The molecule has 0 unspecified atom stereocenters. The van der Waals surface area contributed by atoms with Gasteiger partial charge in [0.1, 0.15) is 0 Å². The number of aliphatic imine (C=N–C) groups is 1. The summed E-state index contributed by atoms with van der Waals surface area (Å²) in [5, 5.41) is 10.8. The maximum absolute atomic E-state index is 12.5. The molecule has 0 spiro atoms. The van der Waals surface area contributed by atoms with E-state index < -0.39 is 0 Å². The van der Waals surface area contributed by atoms with Gasteiger partial charge in [0, 0.05) is 52.1 Å². The number of nitrogens with zero attached hydrogens (tertiary/aromatic N) is 3. The number of guanidine groups is 1. The highest BCUT2D eigenvalue weighted by atomic mass is 127. The smallest absolute Gasteiger partial charge is 0.222 e. The third-order valence-electron chi connectivity index (χ3n) is 5.27. The van der Waals surface area contributed by atoms with E-state index in [2.05, 4.69) is 53.2 Å². The minimum atomic E-state index is 0. The molecule has 0 aromatic carbocycles. The highest BCUT2D eigenvalue weighted by Crippen LogP contribution is 2.11. The highest BCUT2D eigenvalue weighted by Gasteiger charge is 2.23. The van der Waals surface area contributed by atoms with E-state index >= 15 is 0 Å². The maximum Gasteiger partial charge on any atom is 0.222 e. The first-order chi connectivity index (χ1) is 15.0. The van der Waals surface area contributed by atoms with Crippen molar-refractivity contribution in [1.29, 1.82) is 0 Å². The zero-order valence-electron chi connectivity index (χ0n) is 19.8. The van der Waals surface area contributed by atoms with E-state index in [4.69, 9.17) is 0 Å². The second-order valence-electron chi connectivity index (χ2n) is 8.42. The van der Waals surface area contributed by atoms with Crippen molar-refractivity contribution in [3.8, 4) is 0 Å². The van der Waals surface area contributed by atoms with Crippen molar-refractivity contribution in [2.24, 2.45) is 10.9 Å². The zero-order chi connectivity index (χ0) is 22.5. The van der Waals surface area contributed by atoms with E-state index in [0.29, 0.717) is 51.5 Å². The third kappa shape index (κ3) is 11.0. The fourth-order valence-electron chi connectivity index (χ4n) is 3.52. The average Bonchev–Trinajstić information content (AvgIpc) is 3.27. The Morgan fingerprint density at radius 3 is 2.34 bits per heavy atom. The second kappa shape index (κ2) is 16.3. The summed E-state index contributed by atoms with van der Waals surface area (Å²) in [6, 6.07) is 2.10. The van der Waals surface area contributed by atoms with Crippen LogP contribution in [0.1, 0.15) is 58.4 Å². The predicted octanol–water partition coefficient (Wildman–Crippen LogP) is 3.70. The SMILES string of the molecule is CCNC(=NCc1ccsc1)NCCCCCC(=O)N1CCN(C(=O)CC(C)C)CC1.I. The summed E-state index contributed by atoms with van der Waals surface area (Å²) in [4.78, 5) is 33.0. The minimum Gasteiger partial charge on any atom is -0.357 e. The summed E-state index contributed by atoms with van der Waals surface area (Å²) in [5.74, 6) is 1.65. The van der Waals surface area contributed by atoms with Crippen LogP contribution >= 0.6 is 35.3 Å². The lowest BCUT2D eigenvalue weighted by Crippen LogP contribution is -2.50. The number of unbranched alkanes of at least 4 members (excludes halogenated alkanes) is 2. The molecule has 1 aliphatic rings. The Balaban J connectivity index is 0.00000512. The van der Waals surface area contributed by atoms with Gasteiger partial charge in [-0.3, -0.25) is 9.59 Å². The molecule has 32 heavy (non-hydrogen) atoms. The lowest BCUT2D eigenvalue weighted by Gasteiger charge is -2.35. The number of hydrogen-bond donors (Lipinski definition) is 2. The summed E-state index contributed by atoms with van der Waals surface area (Å²) in [7, 11) is 0. The van der Waals surface area contributed by atoms with Gasteiger partial charge in [-0.1, -0.05) is 20.3 Å². The van der Waals surface area contributed by atoms with Crippen LogP contribution in [0.5, 0.6) is 0 Å². The lowest BCUT2D eigenvalue weighted by atomic mass is 10.1. The highest BCUT2D eigenvalue weighted by molar-refractivity contribution is 14.0. The molecule has 1 aliphatic heterocycles. The zero-order valence-corrected chi connectivity index (χ0v) is 22.9. The van der Waals surface area contributed by atoms with Crippen molar-refractivity contribution in [2.45, 2.75) is 59.4 Å². The Morgan fingerprint density at radius 1 is 1.06 bits per heavy atom. The van der Waals surface area contributed by atoms with Crippen molar-refractivity contribution in [3.05, 3.63) is 22.4 Å². The molecule has 0 aliphatic carbocycles. The number of rotatable bonds is 11. The van der Waals surface area contributed by atoms with Gasteiger partial charge in [0.2, 0.25) is 11.8 Å². The van der Waals surface area contributed by atoms with E-state index in [1.807, 2.05) is 9.80 Å². The van der Waals surface area contributed by atoms with E-state index in [0.717, 1.165) is 38.3 Å². The molecular weight excluding hydrogens is 537 g/mol. The lowest BCUT2D eigenvalue weighted by molar-refractivity contribution is -0.140. The predicted molar refractivity (Wildman–Crippen MR) is 144 cm³/mol. The van der Waals surface area contributed by atoms with Crippen molar-refractivity contribution in [3.63, 3.8) is 0 Å². The molecule has 2 N–H and O–H groups in total. The van der Waals surface area contributed by atoms with Gasteiger partial charge >= 0.3 is 0 Å². The number of nitrogens with one attached hydrogen (secondary N) is 2. The number of carbonyl (C=O) groups is 2. The summed E-state index contributed by atoms with van der Waals surface area (Å²) in [5.41, 5.74) is 1.23. The summed E-state index contributed by atoms with van der Waals surface area (Å²) < 4.78 is 0. The van der Waals surface area contributed by atoms with Crippen molar-refractivity contribution in [1.82, 2.24) is 20.4 Å². The molecule has 0 bridgehead atoms. The molecule has 0 atom stereocenters. The molecule has 7 nitrogen and oxygen atoms in total. The fourth-order valence-corrected chi connectivity index (χ4v) is 4.18. The van der Waals surface area contributed by atoms with Crippen LogP contribution in [-0.4, -0.2) is 66.8 Å². The van der Waals surface area contributed by atoms with Crippen LogP contribution in [0.3, 0.4) is 0 Å². The average molecular weight is 578 g/mol. The summed E-state index contributed by atoms with van der Waals surface area (Å²) in [6.45, 7) is 11.2.